The highest BCUT2D eigenvalue weighted by Crippen LogP contribution is 2.14. The van der Waals surface area contributed by atoms with Gasteiger partial charge in [-0.25, -0.2) is 0 Å². The molecule has 6 heteroatoms. The maximum absolute atomic E-state index is 11.2. The van der Waals surface area contributed by atoms with Gasteiger partial charge in [-0.15, -0.1) is 0 Å². The molecule has 0 bridgehead atoms. The fourth-order valence-corrected chi connectivity index (χ4v) is 1.09. The molecule has 0 spiro atoms. The zero-order valence-corrected chi connectivity index (χ0v) is 7.69. The highest BCUT2D eigenvalue weighted by molar-refractivity contribution is 5.31. The smallest absolute Gasteiger partial charge is 0.285 e. The molecule has 0 radical (unpaired) electrons. The first-order chi connectivity index (χ1) is 6.56. The van der Waals surface area contributed by atoms with Crippen molar-refractivity contribution >= 4 is 5.69 Å². The quantitative estimate of drug-likeness (QED) is 0.549. The minimum absolute atomic E-state index is 0.150. The zero-order valence-electron chi connectivity index (χ0n) is 7.69. The van der Waals surface area contributed by atoms with Gasteiger partial charge in [0, 0.05) is 17.7 Å². The number of aromatic nitrogens is 1. The fourth-order valence-electron chi connectivity index (χ4n) is 1.09. The summed E-state index contributed by atoms with van der Waals surface area (Å²) in [4.78, 5) is 23.4. The van der Waals surface area contributed by atoms with Crippen molar-refractivity contribution in [1.29, 1.82) is 0 Å². The topological polar surface area (TPSA) is 102 Å². The molecule has 1 aromatic rings. The molecule has 14 heavy (non-hydrogen) atoms. The van der Waals surface area contributed by atoms with Crippen molar-refractivity contribution in [1.82, 2.24) is 4.98 Å². The normalized spacial score (nSPS) is 12.4. The predicted molar refractivity (Wildman–Crippen MR) is 50.9 cm³/mol. The minimum Gasteiger partial charge on any atom is -0.324 e. The van der Waals surface area contributed by atoms with Crippen LogP contribution in [0.4, 0.5) is 5.69 Å². The Bertz CT molecular complexity index is 399. The van der Waals surface area contributed by atoms with Gasteiger partial charge in [0.25, 0.3) is 11.2 Å². The summed E-state index contributed by atoms with van der Waals surface area (Å²) in [6.45, 7) is 1.81. The molecule has 0 aromatic carbocycles. The van der Waals surface area contributed by atoms with Crippen LogP contribution in [0.5, 0.6) is 0 Å². The Morgan fingerprint density at radius 3 is 2.86 bits per heavy atom. The SMILES string of the molecule is CCC(N)c1cc([N+](=O)[O-])c[nH]c1=O. The van der Waals surface area contributed by atoms with Gasteiger partial charge in [0.05, 0.1) is 11.1 Å². The molecule has 6 nitrogen and oxygen atoms in total. The Kier molecular flexibility index (Phi) is 2.98. The summed E-state index contributed by atoms with van der Waals surface area (Å²) in [6, 6.07) is 0.756. The van der Waals surface area contributed by atoms with Crippen molar-refractivity contribution in [2.45, 2.75) is 19.4 Å². The number of hydrogen-bond acceptors (Lipinski definition) is 4. The Morgan fingerprint density at radius 2 is 2.36 bits per heavy atom. The van der Waals surface area contributed by atoms with Crippen LogP contribution in [0.25, 0.3) is 0 Å². The number of nitro groups is 1. The Labute approximate surface area is 79.9 Å². The van der Waals surface area contributed by atoms with Gasteiger partial charge in [-0.1, -0.05) is 6.92 Å². The lowest BCUT2D eigenvalue weighted by Gasteiger charge is -2.06. The van der Waals surface area contributed by atoms with Crippen molar-refractivity contribution < 1.29 is 4.92 Å². The standard InChI is InChI=1S/C8H11N3O3/c1-2-7(9)6-3-5(11(13)14)4-10-8(6)12/h3-4,7H,2,9H2,1H3,(H,10,12). The Hall–Kier alpha value is -1.69. The molecule has 0 saturated carbocycles. The van der Waals surface area contributed by atoms with Crippen molar-refractivity contribution in [3.63, 3.8) is 0 Å². The lowest BCUT2D eigenvalue weighted by Crippen LogP contribution is -2.21. The number of nitrogens with two attached hydrogens (primary N) is 1. The first kappa shape index (κ1) is 10.4. The van der Waals surface area contributed by atoms with Crippen LogP contribution in [0, 0.1) is 10.1 Å². The number of nitrogens with one attached hydrogen (secondary N) is 1. The number of pyridine rings is 1. The minimum atomic E-state index is -0.568. The van der Waals surface area contributed by atoms with E-state index in [4.69, 9.17) is 5.73 Å². The Morgan fingerprint density at radius 1 is 1.71 bits per heavy atom. The number of rotatable bonds is 3. The second kappa shape index (κ2) is 4.01. The van der Waals surface area contributed by atoms with Gasteiger partial charge in [-0.2, -0.15) is 0 Å². The van der Waals surface area contributed by atoms with Crippen molar-refractivity contribution in [2.75, 3.05) is 0 Å². The maximum atomic E-state index is 11.2. The molecule has 0 fully saturated rings. The predicted octanol–water partition coefficient (Wildman–Crippen LogP) is 0.693. The lowest BCUT2D eigenvalue weighted by molar-refractivity contribution is -0.385. The lowest BCUT2D eigenvalue weighted by atomic mass is 10.1. The average Bonchev–Trinajstić information content (AvgIpc) is 2.17. The van der Waals surface area contributed by atoms with E-state index in [2.05, 4.69) is 4.98 Å². The van der Waals surface area contributed by atoms with Crippen molar-refractivity contribution in [3.05, 3.63) is 38.3 Å². The van der Waals surface area contributed by atoms with E-state index in [-0.39, 0.29) is 16.8 Å². The van der Waals surface area contributed by atoms with E-state index in [1.165, 1.54) is 6.07 Å². The highest BCUT2D eigenvalue weighted by Gasteiger charge is 2.13. The van der Waals surface area contributed by atoms with Gasteiger partial charge >= 0.3 is 0 Å². The number of aromatic amines is 1. The molecular weight excluding hydrogens is 186 g/mol. The average molecular weight is 197 g/mol. The van der Waals surface area contributed by atoms with Crippen LogP contribution >= 0.6 is 0 Å². The first-order valence-electron chi connectivity index (χ1n) is 4.18. The summed E-state index contributed by atoms with van der Waals surface area (Å²) in [5.41, 5.74) is 5.35. The van der Waals surface area contributed by atoms with Crippen LogP contribution < -0.4 is 11.3 Å². The monoisotopic (exact) mass is 197 g/mol. The molecule has 0 amide bonds. The van der Waals surface area contributed by atoms with E-state index in [1.54, 1.807) is 0 Å². The third kappa shape index (κ3) is 1.97. The van der Waals surface area contributed by atoms with E-state index in [1.807, 2.05) is 6.92 Å². The maximum Gasteiger partial charge on any atom is 0.285 e. The Balaban J connectivity index is 3.21. The third-order valence-electron chi connectivity index (χ3n) is 1.97. The van der Waals surface area contributed by atoms with Crippen LogP contribution in [0.15, 0.2) is 17.1 Å². The number of H-pyrrole nitrogens is 1. The molecular formula is C8H11N3O3. The van der Waals surface area contributed by atoms with Crippen molar-refractivity contribution in [2.24, 2.45) is 5.73 Å². The van der Waals surface area contributed by atoms with Crippen LogP contribution in [0.2, 0.25) is 0 Å². The number of nitrogens with zero attached hydrogens (tertiary/aromatic N) is 1. The summed E-state index contributed by atoms with van der Waals surface area (Å²) >= 11 is 0. The van der Waals surface area contributed by atoms with Gasteiger partial charge in [-0.3, -0.25) is 14.9 Å². The molecule has 1 atom stereocenters. The van der Waals surface area contributed by atoms with Gasteiger partial charge in [-0.05, 0) is 6.42 Å². The molecule has 3 N–H and O–H groups in total. The molecule has 76 valence electrons. The largest absolute Gasteiger partial charge is 0.324 e. The first-order valence-corrected chi connectivity index (χ1v) is 4.18. The molecule has 0 saturated heterocycles. The molecule has 1 aromatic heterocycles. The molecule has 0 aliphatic rings. The van der Waals surface area contributed by atoms with Crippen LogP contribution in [0.3, 0.4) is 0 Å². The van der Waals surface area contributed by atoms with Gasteiger partial charge in [0.1, 0.15) is 0 Å². The third-order valence-corrected chi connectivity index (χ3v) is 1.97. The van der Waals surface area contributed by atoms with E-state index in [0.717, 1.165) is 6.20 Å². The molecule has 0 aliphatic heterocycles. The fraction of sp³-hybridized carbons (Fsp3) is 0.375. The number of hydrogen-bond donors (Lipinski definition) is 2. The van der Waals surface area contributed by atoms with Crippen LogP contribution in [0.1, 0.15) is 24.9 Å². The summed E-state index contributed by atoms with van der Waals surface area (Å²) in [5.74, 6) is 0. The summed E-state index contributed by atoms with van der Waals surface area (Å²) in [6.07, 6.45) is 1.62. The van der Waals surface area contributed by atoms with E-state index < -0.39 is 11.0 Å². The van der Waals surface area contributed by atoms with E-state index in [9.17, 15) is 14.9 Å². The van der Waals surface area contributed by atoms with Crippen LogP contribution in [-0.4, -0.2) is 9.91 Å². The summed E-state index contributed by atoms with van der Waals surface area (Å²) < 4.78 is 0. The summed E-state index contributed by atoms with van der Waals surface area (Å²) in [5, 5.41) is 10.4. The van der Waals surface area contributed by atoms with Gasteiger partial charge in [0.2, 0.25) is 0 Å². The second-order valence-corrected chi connectivity index (χ2v) is 2.91. The summed E-state index contributed by atoms with van der Waals surface area (Å²) in [7, 11) is 0. The van der Waals surface area contributed by atoms with Gasteiger partial charge in [0.15, 0.2) is 0 Å². The van der Waals surface area contributed by atoms with Crippen molar-refractivity contribution in [3.8, 4) is 0 Å². The molecule has 1 heterocycles. The van der Waals surface area contributed by atoms with E-state index in [0.29, 0.717) is 6.42 Å². The van der Waals surface area contributed by atoms with Gasteiger partial charge < -0.3 is 10.7 Å². The second-order valence-electron chi connectivity index (χ2n) is 2.91. The molecule has 0 aliphatic carbocycles. The van der Waals surface area contributed by atoms with E-state index >= 15 is 0 Å². The highest BCUT2D eigenvalue weighted by atomic mass is 16.6. The van der Waals surface area contributed by atoms with Crippen LogP contribution in [-0.2, 0) is 0 Å². The zero-order chi connectivity index (χ0) is 10.7. The molecule has 1 rings (SSSR count). The molecule has 1 unspecified atom stereocenters.